The summed E-state index contributed by atoms with van der Waals surface area (Å²) in [6, 6.07) is 6.26. The van der Waals surface area contributed by atoms with Gasteiger partial charge in [-0.15, -0.1) is 10.2 Å². The molecule has 0 radical (unpaired) electrons. The van der Waals surface area contributed by atoms with Gasteiger partial charge in [-0.1, -0.05) is 40.3 Å². The third kappa shape index (κ3) is 4.09. The lowest BCUT2D eigenvalue weighted by Crippen LogP contribution is -2.17. The van der Waals surface area contributed by atoms with Gasteiger partial charge in [0.05, 0.1) is 0 Å². The second kappa shape index (κ2) is 7.12. The Morgan fingerprint density at radius 2 is 2.11 bits per heavy atom. The Labute approximate surface area is 126 Å². The highest BCUT2D eigenvalue weighted by molar-refractivity contribution is 9.10. The monoisotopic (exact) mass is 339 g/mol. The van der Waals surface area contributed by atoms with E-state index in [9.17, 15) is 0 Å². The fourth-order valence-corrected chi connectivity index (χ4v) is 3.07. The molecule has 0 saturated heterocycles. The number of rotatable bonds is 6. The lowest BCUT2D eigenvalue weighted by Gasteiger charge is -2.01. The second-order valence-corrected chi connectivity index (χ2v) is 6.44. The standard InChI is InChI=1S/C14H18BrN3S/c1-3-7-16-8-6-13-17-18-14(19-13)12-9-11(15)5-4-10(12)2/h4-5,9,16H,3,6-8H2,1-2H3. The van der Waals surface area contributed by atoms with Crippen LogP contribution < -0.4 is 5.32 Å². The normalized spacial score (nSPS) is 10.9. The number of aryl methyl sites for hydroxylation is 1. The maximum atomic E-state index is 4.31. The van der Waals surface area contributed by atoms with Crippen molar-refractivity contribution < 1.29 is 0 Å². The second-order valence-electron chi connectivity index (χ2n) is 4.46. The Balaban J connectivity index is 2.06. The van der Waals surface area contributed by atoms with Crippen molar-refractivity contribution in [1.29, 1.82) is 0 Å². The fraction of sp³-hybridized carbons (Fsp3) is 0.429. The average Bonchev–Trinajstić information content (AvgIpc) is 2.86. The van der Waals surface area contributed by atoms with Gasteiger partial charge >= 0.3 is 0 Å². The molecule has 1 aromatic heterocycles. The highest BCUT2D eigenvalue weighted by Gasteiger charge is 2.09. The molecule has 0 aliphatic rings. The molecule has 0 bridgehead atoms. The van der Waals surface area contributed by atoms with Crippen molar-refractivity contribution in [1.82, 2.24) is 15.5 Å². The van der Waals surface area contributed by atoms with E-state index in [0.29, 0.717) is 0 Å². The van der Waals surface area contributed by atoms with Gasteiger partial charge in [0.2, 0.25) is 0 Å². The van der Waals surface area contributed by atoms with E-state index < -0.39 is 0 Å². The summed E-state index contributed by atoms with van der Waals surface area (Å²) in [5.41, 5.74) is 2.40. The van der Waals surface area contributed by atoms with Crippen molar-refractivity contribution in [3.63, 3.8) is 0 Å². The third-order valence-corrected chi connectivity index (χ3v) is 4.35. The molecule has 0 unspecified atom stereocenters. The molecule has 102 valence electrons. The fourth-order valence-electron chi connectivity index (χ4n) is 1.79. The highest BCUT2D eigenvalue weighted by Crippen LogP contribution is 2.29. The van der Waals surface area contributed by atoms with Gasteiger partial charge in [0.25, 0.3) is 0 Å². The number of hydrogen-bond donors (Lipinski definition) is 1. The molecule has 2 aromatic rings. The first-order chi connectivity index (χ1) is 9.20. The summed E-state index contributed by atoms with van der Waals surface area (Å²) in [5, 5.41) is 14.1. The van der Waals surface area contributed by atoms with E-state index in [2.05, 4.69) is 63.5 Å². The smallest absolute Gasteiger partial charge is 0.148 e. The Kier molecular flexibility index (Phi) is 5.48. The molecular formula is C14H18BrN3S. The SMILES string of the molecule is CCCNCCc1nnc(-c2cc(Br)ccc2C)s1. The van der Waals surface area contributed by atoms with Crippen molar-refractivity contribution in [3.05, 3.63) is 33.2 Å². The summed E-state index contributed by atoms with van der Waals surface area (Å²) in [6.45, 7) is 6.31. The van der Waals surface area contributed by atoms with E-state index in [4.69, 9.17) is 0 Å². The van der Waals surface area contributed by atoms with Crippen LogP contribution >= 0.6 is 27.3 Å². The van der Waals surface area contributed by atoms with Crippen LogP contribution in [0.1, 0.15) is 23.9 Å². The van der Waals surface area contributed by atoms with E-state index >= 15 is 0 Å². The molecule has 1 N–H and O–H groups in total. The minimum absolute atomic E-state index is 0.949. The minimum Gasteiger partial charge on any atom is -0.316 e. The van der Waals surface area contributed by atoms with Crippen LogP contribution in [-0.2, 0) is 6.42 Å². The van der Waals surface area contributed by atoms with Gasteiger partial charge in [-0.2, -0.15) is 0 Å². The van der Waals surface area contributed by atoms with Gasteiger partial charge in [-0.3, -0.25) is 0 Å². The van der Waals surface area contributed by atoms with Crippen LogP contribution in [0.25, 0.3) is 10.6 Å². The van der Waals surface area contributed by atoms with Crippen LogP contribution in [0.2, 0.25) is 0 Å². The number of halogens is 1. The van der Waals surface area contributed by atoms with Crippen LogP contribution in [0.15, 0.2) is 22.7 Å². The van der Waals surface area contributed by atoms with Crippen molar-refractivity contribution in [2.24, 2.45) is 0 Å². The Hall–Kier alpha value is -0.780. The Bertz CT molecular complexity index is 539. The first-order valence-electron chi connectivity index (χ1n) is 6.50. The van der Waals surface area contributed by atoms with E-state index in [1.807, 2.05) is 0 Å². The molecule has 0 fully saturated rings. The number of aromatic nitrogens is 2. The predicted molar refractivity (Wildman–Crippen MR) is 84.6 cm³/mol. The van der Waals surface area contributed by atoms with E-state index in [-0.39, 0.29) is 0 Å². The zero-order valence-corrected chi connectivity index (χ0v) is 13.6. The summed E-state index contributed by atoms with van der Waals surface area (Å²) in [6.07, 6.45) is 2.11. The molecule has 0 spiro atoms. The van der Waals surface area contributed by atoms with Gasteiger partial charge in [0.15, 0.2) is 0 Å². The third-order valence-electron chi connectivity index (χ3n) is 2.84. The summed E-state index contributed by atoms with van der Waals surface area (Å²) in [4.78, 5) is 0. The van der Waals surface area contributed by atoms with Crippen LogP contribution in [-0.4, -0.2) is 23.3 Å². The summed E-state index contributed by atoms with van der Waals surface area (Å²) < 4.78 is 1.08. The topological polar surface area (TPSA) is 37.8 Å². The van der Waals surface area contributed by atoms with Crippen molar-refractivity contribution in [2.75, 3.05) is 13.1 Å². The Morgan fingerprint density at radius 1 is 1.26 bits per heavy atom. The Morgan fingerprint density at radius 3 is 2.89 bits per heavy atom. The summed E-state index contributed by atoms with van der Waals surface area (Å²) in [7, 11) is 0. The van der Waals surface area contributed by atoms with Crippen LogP contribution in [0.4, 0.5) is 0 Å². The van der Waals surface area contributed by atoms with Crippen molar-refractivity contribution in [2.45, 2.75) is 26.7 Å². The number of nitrogens with zero attached hydrogens (tertiary/aromatic N) is 2. The molecule has 0 aliphatic carbocycles. The lowest BCUT2D eigenvalue weighted by atomic mass is 10.1. The quantitative estimate of drug-likeness (QED) is 0.813. The molecular weight excluding hydrogens is 322 g/mol. The molecule has 19 heavy (non-hydrogen) atoms. The van der Waals surface area contributed by atoms with Crippen LogP contribution in [0.5, 0.6) is 0 Å². The molecule has 0 saturated carbocycles. The number of hydrogen-bond acceptors (Lipinski definition) is 4. The molecule has 0 aliphatic heterocycles. The zero-order chi connectivity index (χ0) is 13.7. The van der Waals surface area contributed by atoms with Gasteiger partial charge in [0.1, 0.15) is 10.0 Å². The van der Waals surface area contributed by atoms with E-state index in [1.165, 1.54) is 17.5 Å². The minimum atomic E-state index is 0.949. The van der Waals surface area contributed by atoms with Crippen LogP contribution in [0.3, 0.4) is 0 Å². The maximum Gasteiger partial charge on any atom is 0.148 e. The first-order valence-corrected chi connectivity index (χ1v) is 8.11. The van der Waals surface area contributed by atoms with Gasteiger partial charge in [0, 0.05) is 23.0 Å². The largest absolute Gasteiger partial charge is 0.316 e. The molecule has 3 nitrogen and oxygen atoms in total. The molecule has 2 rings (SSSR count). The van der Waals surface area contributed by atoms with Crippen LogP contribution in [0, 0.1) is 6.92 Å². The van der Waals surface area contributed by atoms with Gasteiger partial charge < -0.3 is 5.32 Å². The van der Waals surface area contributed by atoms with E-state index in [1.54, 1.807) is 11.3 Å². The van der Waals surface area contributed by atoms with Crippen molar-refractivity contribution >= 4 is 27.3 Å². The molecule has 0 atom stereocenters. The average molecular weight is 340 g/mol. The predicted octanol–water partition coefficient (Wildman–Crippen LogP) is 3.82. The van der Waals surface area contributed by atoms with E-state index in [0.717, 1.165) is 34.0 Å². The number of benzene rings is 1. The summed E-state index contributed by atoms with van der Waals surface area (Å²) in [5.74, 6) is 0. The first kappa shape index (κ1) is 14.6. The van der Waals surface area contributed by atoms with Gasteiger partial charge in [-0.25, -0.2) is 0 Å². The molecule has 5 heteroatoms. The van der Waals surface area contributed by atoms with Gasteiger partial charge in [-0.05, 0) is 37.6 Å². The van der Waals surface area contributed by atoms with Crippen molar-refractivity contribution in [3.8, 4) is 10.6 Å². The lowest BCUT2D eigenvalue weighted by molar-refractivity contribution is 0.668. The molecule has 1 heterocycles. The summed E-state index contributed by atoms with van der Waals surface area (Å²) >= 11 is 5.19. The maximum absolute atomic E-state index is 4.31. The number of nitrogens with one attached hydrogen (secondary N) is 1. The zero-order valence-electron chi connectivity index (χ0n) is 11.2. The highest BCUT2D eigenvalue weighted by atomic mass is 79.9. The molecule has 0 amide bonds. The molecule has 1 aromatic carbocycles.